The van der Waals surface area contributed by atoms with Gasteiger partial charge in [0.1, 0.15) is 11.6 Å². The van der Waals surface area contributed by atoms with Crippen molar-refractivity contribution in [3.63, 3.8) is 0 Å². The number of benzene rings is 2. The van der Waals surface area contributed by atoms with Crippen LogP contribution in [0.2, 0.25) is 0 Å². The molecular formula is C29H38F2O5. The molecule has 2 aromatic carbocycles. The molecule has 5 nitrogen and oxygen atoms in total. The molecule has 0 bridgehead atoms. The minimum atomic E-state index is -0.870. The van der Waals surface area contributed by atoms with Gasteiger partial charge >= 0.3 is 11.9 Å². The van der Waals surface area contributed by atoms with E-state index in [9.17, 15) is 18.4 Å². The van der Waals surface area contributed by atoms with Gasteiger partial charge in [-0.1, -0.05) is 72.1 Å². The summed E-state index contributed by atoms with van der Waals surface area (Å²) in [4.78, 5) is 24.5. The predicted octanol–water partition coefficient (Wildman–Crippen LogP) is 7.91. The zero-order valence-corrected chi connectivity index (χ0v) is 21.6. The summed E-state index contributed by atoms with van der Waals surface area (Å²) >= 11 is 0. The van der Waals surface area contributed by atoms with Crippen LogP contribution in [-0.4, -0.2) is 25.2 Å². The van der Waals surface area contributed by atoms with Gasteiger partial charge in [0.05, 0.1) is 24.3 Å². The zero-order valence-electron chi connectivity index (χ0n) is 21.6. The van der Waals surface area contributed by atoms with Crippen LogP contribution in [0.3, 0.4) is 0 Å². The third-order valence-corrected chi connectivity index (χ3v) is 5.99. The Bertz CT molecular complexity index is 976. The maximum atomic E-state index is 14.4. The first-order chi connectivity index (χ1) is 17.3. The number of rotatable bonds is 16. The van der Waals surface area contributed by atoms with E-state index in [0.29, 0.717) is 6.61 Å². The van der Waals surface area contributed by atoms with Crippen molar-refractivity contribution in [3.8, 4) is 11.5 Å². The number of carbonyl (C=O) groups is 2. The van der Waals surface area contributed by atoms with Gasteiger partial charge in [-0.2, -0.15) is 0 Å². The monoisotopic (exact) mass is 504 g/mol. The van der Waals surface area contributed by atoms with Crippen LogP contribution in [0.15, 0.2) is 36.4 Å². The molecule has 0 fully saturated rings. The van der Waals surface area contributed by atoms with E-state index in [-0.39, 0.29) is 35.2 Å². The Morgan fingerprint density at radius 1 is 0.833 bits per heavy atom. The zero-order chi connectivity index (χ0) is 26.3. The summed E-state index contributed by atoms with van der Waals surface area (Å²) in [6.45, 7) is 6.68. The first kappa shape index (κ1) is 29.3. The van der Waals surface area contributed by atoms with Crippen LogP contribution in [0, 0.1) is 17.6 Å². The van der Waals surface area contributed by atoms with Crippen molar-refractivity contribution in [2.45, 2.75) is 78.6 Å². The first-order valence-electron chi connectivity index (χ1n) is 13.0. The van der Waals surface area contributed by atoms with Gasteiger partial charge in [-0.05, 0) is 42.7 Å². The minimum absolute atomic E-state index is 0.0376. The summed E-state index contributed by atoms with van der Waals surface area (Å²) in [5.41, 5.74) is -0.286. The van der Waals surface area contributed by atoms with Gasteiger partial charge in [0.25, 0.3) is 0 Å². The highest BCUT2D eigenvalue weighted by molar-refractivity contribution is 5.92. The smallest absolute Gasteiger partial charge is 0.343 e. The molecule has 0 saturated carbocycles. The largest absolute Gasteiger partial charge is 0.491 e. The maximum absolute atomic E-state index is 14.4. The Kier molecular flexibility index (Phi) is 12.9. The number of hydrogen-bond donors (Lipinski definition) is 0. The molecule has 2 aromatic rings. The third-order valence-electron chi connectivity index (χ3n) is 5.99. The lowest BCUT2D eigenvalue weighted by molar-refractivity contribution is 0.0441. The van der Waals surface area contributed by atoms with Crippen LogP contribution in [0.1, 0.15) is 99.3 Å². The van der Waals surface area contributed by atoms with Crippen LogP contribution in [0.25, 0.3) is 0 Å². The summed E-state index contributed by atoms with van der Waals surface area (Å²) in [6.07, 6.45) is 10.1. The van der Waals surface area contributed by atoms with Crippen molar-refractivity contribution in [2.24, 2.45) is 5.92 Å². The fourth-order valence-corrected chi connectivity index (χ4v) is 3.47. The van der Waals surface area contributed by atoms with E-state index in [4.69, 9.17) is 14.2 Å². The summed E-state index contributed by atoms with van der Waals surface area (Å²) in [7, 11) is 0. The van der Waals surface area contributed by atoms with Crippen LogP contribution >= 0.6 is 0 Å². The van der Waals surface area contributed by atoms with Crippen molar-refractivity contribution in [3.05, 3.63) is 59.2 Å². The first-order valence-corrected chi connectivity index (χ1v) is 13.0. The molecule has 0 aliphatic heterocycles. The summed E-state index contributed by atoms with van der Waals surface area (Å²) < 4.78 is 44.5. The number of unbranched alkanes of at least 4 members (excludes halogenated alkanes) is 7. The van der Waals surface area contributed by atoms with Gasteiger partial charge < -0.3 is 14.2 Å². The van der Waals surface area contributed by atoms with Crippen LogP contribution in [0.4, 0.5) is 8.78 Å². The predicted molar refractivity (Wildman–Crippen MR) is 136 cm³/mol. The van der Waals surface area contributed by atoms with E-state index in [0.717, 1.165) is 37.8 Å². The molecular weight excluding hydrogens is 466 g/mol. The highest BCUT2D eigenvalue weighted by Gasteiger charge is 2.18. The Labute approximate surface area is 213 Å². The van der Waals surface area contributed by atoms with Crippen molar-refractivity contribution < 1.29 is 32.6 Å². The molecule has 0 heterocycles. The maximum Gasteiger partial charge on any atom is 0.343 e. The fourth-order valence-electron chi connectivity index (χ4n) is 3.47. The Balaban J connectivity index is 1.82. The molecule has 1 unspecified atom stereocenters. The summed E-state index contributed by atoms with van der Waals surface area (Å²) in [5.74, 6) is -3.04. The van der Waals surface area contributed by atoms with Crippen molar-refractivity contribution in [1.82, 2.24) is 0 Å². The lowest BCUT2D eigenvalue weighted by Gasteiger charge is -2.11. The Morgan fingerprint density at radius 3 is 2.17 bits per heavy atom. The molecule has 0 amide bonds. The van der Waals surface area contributed by atoms with E-state index >= 15 is 0 Å². The summed E-state index contributed by atoms with van der Waals surface area (Å²) in [5, 5.41) is 0. The molecule has 0 aromatic heterocycles. The van der Waals surface area contributed by atoms with Gasteiger partial charge in [-0.25, -0.2) is 18.4 Å². The molecule has 0 aliphatic rings. The molecule has 1 atom stereocenters. The summed E-state index contributed by atoms with van der Waals surface area (Å²) in [6, 6.07) is 7.22. The highest BCUT2D eigenvalue weighted by atomic mass is 19.1. The molecule has 7 heteroatoms. The van der Waals surface area contributed by atoms with Crippen molar-refractivity contribution >= 4 is 11.9 Å². The van der Waals surface area contributed by atoms with Crippen LogP contribution in [-0.2, 0) is 4.74 Å². The number of hydrogen-bond acceptors (Lipinski definition) is 5. The topological polar surface area (TPSA) is 61.8 Å². The quantitative estimate of drug-likeness (QED) is 0.132. The van der Waals surface area contributed by atoms with E-state index < -0.39 is 23.6 Å². The molecule has 0 saturated heterocycles. The van der Waals surface area contributed by atoms with Gasteiger partial charge in [0.15, 0.2) is 11.6 Å². The molecule has 198 valence electrons. The number of esters is 2. The SMILES string of the molecule is CCCCCCCCCCOc1ccc(C(=O)Oc2ccc(C(=O)OCC(C)CC)c(F)c2)cc1F. The minimum Gasteiger partial charge on any atom is -0.491 e. The van der Waals surface area contributed by atoms with E-state index in [1.807, 2.05) is 13.8 Å². The number of ether oxygens (including phenoxy) is 3. The van der Waals surface area contributed by atoms with Gasteiger partial charge in [0.2, 0.25) is 0 Å². The second-order valence-corrected chi connectivity index (χ2v) is 9.11. The normalized spacial score (nSPS) is 11.7. The Hall–Kier alpha value is -2.96. The van der Waals surface area contributed by atoms with Gasteiger partial charge in [0, 0.05) is 6.07 Å². The lowest BCUT2D eigenvalue weighted by atomic mass is 10.1. The average Bonchev–Trinajstić information content (AvgIpc) is 2.86. The second-order valence-electron chi connectivity index (χ2n) is 9.11. The standard InChI is InChI=1S/C29H38F2O5/c1-4-6-7-8-9-10-11-12-17-34-27-16-13-22(18-26(27)31)28(32)36-23-14-15-24(25(30)19-23)29(33)35-20-21(3)5-2/h13-16,18-19,21H,4-12,17,20H2,1-3H3. The number of carbonyl (C=O) groups excluding carboxylic acids is 2. The highest BCUT2D eigenvalue weighted by Crippen LogP contribution is 2.22. The van der Waals surface area contributed by atoms with Crippen LogP contribution < -0.4 is 9.47 Å². The van der Waals surface area contributed by atoms with Crippen LogP contribution in [0.5, 0.6) is 11.5 Å². The molecule has 0 spiro atoms. The third kappa shape index (κ3) is 9.96. The lowest BCUT2D eigenvalue weighted by Crippen LogP contribution is -2.13. The second kappa shape index (κ2) is 15.9. The van der Waals surface area contributed by atoms with E-state index in [2.05, 4.69) is 6.92 Å². The van der Waals surface area contributed by atoms with Crippen molar-refractivity contribution in [1.29, 1.82) is 0 Å². The molecule has 0 aliphatic carbocycles. The van der Waals surface area contributed by atoms with Crippen molar-refractivity contribution in [2.75, 3.05) is 13.2 Å². The average molecular weight is 505 g/mol. The molecule has 36 heavy (non-hydrogen) atoms. The molecule has 2 rings (SSSR count). The van der Waals surface area contributed by atoms with Gasteiger partial charge in [-0.15, -0.1) is 0 Å². The molecule has 0 radical (unpaired) electrons. The Morgan fingerprint density at radius 2 is 1.53 bits per heavy atom. The van der Waals surface area contributed by atoms with E-state index in [1.165, 1.54) is 56.4 Å². The molecule has 0 N–H and O–H groups in total. The fraction of sp³-hybridized carbons (Fsp3) is 0.517. The number of halogens is 2. The van der Waals surface area contributed by atoms with E-state index in [1.54, 1.807) is 0 Å². The van der Waals surface area contributed by atoms with Gasteiger partial charge in [-0.3, -0.25) is 0 Å².